The molecule has 1 saturated heterocycles. The van der Waals surface area contributed by atoms with Gasteiger partial charge >= 0.3 is 0 Å². The largest absolute Gasteiger partial charge is 0.301 e. The average Bonchev–Trinajstić information content (AvgIpc) is 2.66. The minimum atomic E-state index is -3.47. The molecule has 1 aromatic rings. The molecule has 0 amide bonds. The van der Waals surface area contributed by atoms with E-state index in [2.05, 4.69) is 35.3 Å². The molecule has 6 heteroatoms. The molecule has 1 aliphatic carbocycles. The Hall–Kier alpha value is -0.950. The van der Waals surface area contributed by atoms with E-state index in [0.717, 1.165) is 52.0 Å². The first-order valence-electron chi connectivity index (χ1n) is 9.91. The van der Waals surface area contributed by atoms with Gasteiger partial charge in [-0.1, -0.05) is 13.0 Å². The van der Waals surface area contributed by atoms with E-state index in [-0.39, 0.29) is 5.54 Å². The first-order chi connectivity index (χ1) is 12.3. The lowest BCUT2D eigenvalue weighted by Gasteiger charge is -2.44. The van der Waals surface area contributed by atoms with Gasteiger partial charge in [0, 0.05) is 38.3 Å². The van der Waals surface area contributed by atoms with Crippen molar-refractivity contribution in [3.63, 3.8) is 0 Å². The molecular formula is C20H33N3O2S. The number of likely N-dealkylation sites (N-methyl/N-ethyl adjacent to an activating group) is 1. The molecule has 3 rings (SSSR count). The van der Waals surface area contributed by atoms with Crippen LogP contribution < -0.4 is 4.72 Å². The maximum atomic E-state index is 12.8. The molecule has 1 aliphatic heterocycles. The second-order valence-corrected chi connectivity index (χ2v) is 9.96. The molecule has 0 spiro atoms. The number of aryl methyl sites for hydroxylation is 2. The van der Waals surface area contributed by atoms with Crippen LogP contribution in [0.4, 0.5) is 0 Å². The van der Waals surface area contributed by atoms with E-state index in [1.165, 1.54) is 17.5 Å². The van der Waals surface area contributed by atoms with Crippen molar-refractivity contribution in [3.8, 4) is 0 Å². The SMILES string of the molecule is CCN1CCN(C(C)(C)CNS(=O)(=O)c2ccc3c(c2)CCCC3)CC1. The summed E-state index contributed by atoms with van der Waals surface area (Å²) in [4.78, 5) is 5.24. The Balaban J connectivity index is 1.64. The van der Waals surface area contributed by atoms with E-state index in [9.17, 15) is 8.42 Å². The molecule has 0 unspecified atom stereocenters. The zero-order valence-electron chi connectivity index (χ0n) is 16.4. The number of sulfonamides is 1. The Morgan fingerprint density at radius 1 is 1.04 bits per heavy atom. The Morgan fingerprint density at radius 2 is 1.69 bits per heavy atom. The molecule has 0 aromatic heterocycles. The molecule has 0 bridgehead atoms. The van der Waals surface area contributed by atoms with Gasteiger partial charge in [0.15, 0.2) is 0 Å². The van der Waals surface area contributed by atoms with Crippen molar-refractivity contribution in [1.29, 1.82) is 0 Å². The van der Waals surface area contributed by atoms with Crippen LogP contribution in [0, 0.1) is 0 Å². The van der Waals surface area contributed by atoms with Gasteiger partial charge in [0.05, 0.1) is 4.90 Å². The number of hydrogen-bond donors (Lipinski definition) is 1. The number of nitrogens with one attached hydrogen (secondary N) is 1. The lowest BCUT2D eigenvalue weighted by Crippen LogP contribution is -2.58. The number of piperazine rings is 1. The van der Waals surface area contributed by atoms with Crippen LogP contribution in [0.1, 0.15) is 44.7 Å². The fourth-order valence-electron chi connectivity index (χ4n) is 4.01. The Kier molecular flexibility index (Phi) is 6.07. The summed E-state index contributed by atoms with van der Waals surface area (Å²) in [5.74, 6) is 0. The summed E-state index contributed by atoms with van der Waals surface area (Å²) in [6.07, 6.45) is 4.42. The summed E-state index contributed by atoms with van der Waals surface area (Å²) in [7, 11) is -3.47. The number of fused-ring (bicyclic) bond motifs is 1. The van der Waals surface area contributed by atoms with Crippen LogP contribution in [-0.4, -0.2) is 63.0 Å². The van der Waals surface area contributed by atoms with E-state index < -0.39 is 10.0 Å². The molecule has 1 N–H and O–H groups in total. The summed E-state index contributed by atoms with van der Waals surface area (Å²) in [5.41, 5.74) is 2.32. The highest BCUT2D eigenvalue weighted by molar-refractivity contribution is 7.89. The summed E-state index contributed by atoms with van der Waals surface area (Å²) in [5, 5.41) is 0. The molecule has 1 heterocycles. The van der Waals surface area contributed by atoms with E-state index in [0.29, 0.717) is 11.4 Å². The van der Waals surface area contributed by atoms with Crippen molar-refractivity contribution in [2.24, 2.45) is 0 Å². The maximum Gasteiger partial charge on any atom is 0.240 e. The fourth-order valence-corrected chi connectivity index (χ4v) is 5.27. The molecule has 1 aromatic carbocycles. The van der Waals surface area contributed by atoms with Crippen molar-refractivity contribution in [2.45, 2.75) is 56.9 Å². The molecule has 26 heavy (non-hydrogen) atoms. The fraction of sp³-hybridized carbons (Fsp3) is 0.700. The molecule has 0 radical (unpaired) electrons. The molecule has 146 valence electrons. The van der Waals surface area contributed by atoms with Crippen molar-refractivity contribution in [1.82, 2.24) is 14.5 Å². The summed E-state index contributed by atoms with van der Waals surface area (Å²) in [6, 6.07) is 5.64. The van der Waals surface area contributed by atoms with Crippen molar-refractivity contribution < 1.29 is 8.42 Å². The Labute approximate surface area is 158 Å². The number of hydrogen-bond acceptors (Lipinski definition) is 4. The van der Waals surface area contributed by atoms with Gasteiger partial charge < -0.3 is 4.90 Å². The molecule has 0 atom stereocenters. The lowest BCUT2D eigenvalue weighted by molar-refractivity contribution is 0.0571. The van der Waals surface area contributed by atoms with Crippen LogP contribution in [0.25, 0.3) is 0 Å². The Bertz CT molecular complexity index is 723. The quantitative estimate of drug-likeness (QED) is 0.824. The third-order valence-corrected chi connectivity index (χ3v) is 7.40. The minimum Gasteiger partial charge on any atom is -0.301 e. The first-order valence-corrected chi connectivity index (χ1v) is 11.4. The third kappa shape index (κ3) is 4.47. The van der Waals surface area contributed by atoms with Gasteiger partial charge in [-0.25, -0.2) is 13.1 Å². The summed E-state index contributed by atoms with van der Waals surface area (Å²) >= 11 is 0. The van der Waals surface area contributed by atoms with Gasteiger partial charge in [-0.05, 0) is 69.3 Å². The van der Waals surface area contributed by atoms with Gasteiger partial charge in [-0.2, -0.15) is 0 Å². The third-order valence-electron chi connectivity index (χ3n) is 6.00. The van der Waals surface area contributed by atoms with Crippen molar-refractivity contribution >= 4 is 10.0 Å². The second-order valence-electron chi connectivity index (χ2n) is 8.20. The van der Waals surface area contributed by atoms with E-state index >= 15 is 0 Å². The van der Waals surface area contributed by atoms with E-state index in [1.807, 2.05) is 12.1 Å². The lowest BCUT2D eigenvalue weighted by atomic mass is 9.92. The van der Waals surface area contributed by atoms with Crippen LogP contribution >= 0.6 is 0 Å². The average molecular weight is 380 g/mol. The molecule has 5 nitrogen and oxygen atoms in total. The predicted molar refractivity (Wildman–Crippen MR) is 106 cm³/mol. The molecule has 2 aliphatic rings. The highest BCUT2D eigenvalue weighted by atomic mass is 32.2. The smallest absolute Gasteiger partial charge is 0.240 e. The summed E-state index contributed by atoms with van der Waals surface area (Å²) < 4.78 is 28.5. The van der Waals surface area contributed by atoms with Crippen LogP contribution in [0.3, 0.4) is 0 Å². The van der Waals surface area contributed by atoms with E-state index in [1.54, 1.807) is 6.07 Å². The number of benzene rings is 1. The van der Waals surface area contributed by atoms with Gasteiger partial charge in [-0.3, -0.25) is 4.90 Å². The van der Waals surface area contributed by atoms with Gasteiger partial charge in [0.1, 0.15) is 0 Å². The van der Waals surface area contributed by atoms with E-state index in [4.69, 9.17) is 0 Å². The summed E-state index contributed by atoms with van der Waals surface area (Å²) in [6.45, 7) is 12.0. The monoisotopic (exact) mass is 379 g/mol. The highest BCUT2D eigenvalue weighted by Crippen LogP contribution is 2.24. The van der Waals surface area contributed by atoms with Gasteiger partial charge in [-0.15, -0.1) is 0 Å². The minimum absolute atomic E-state index is 0.193. The Morgan fingerprint density at radius 3 is 2.35 bits per heavy atom. The van der Waals surface area contributed by atoms with Crippen LogP contribution in [0.2, 0.25) is 0 Å². The first kappa shape index (κ1) is 19.8. The number of rotatable bonds is 6. The van der Waals surface area contributed by atoms with Gasteiger partial charge in [0.2, 0.25) is 10.0 Å². The van der Waals surface area contributed by atoms with Crippen LogP contribution in [-0.2, 0) is 22.9 Å². The van der Waals surface area contributed by atoms with Crippen LogP contribution in [0.15, 0.2) is 23.1 Å². The van der Waals surface area contributed by atoms with Crippen LogP contribution in [0.5, 0.6) is 0 Å². The molecule has 1 fully saturated rings. The second kappa shape index (κ2) is 7.97. The normalized spacial score (nSPS) is 20.1. The maximum absolute atomic E-state index is 12.8. The zero-order valence-corrected chi connectivity index (χ0v) is 17.2. The van der Waals surface area contributed by atoms with Crippen molar-refractivity contribution in [2.75, 3.05) is 39.3 Å². The molecule has 0 saturated carbocycles. The molecular weight excluding hydrogens is 346 g/mol. The number of nitrogens with zero attached hydrogens (tertiary/aromatic N) is 2. The standard InChI is InChI=1S/C20H33N3O2S/c1-4-22-11-13-23(14-12-22)20(2,3)16-21-26(24,25)19-10-9-17-7-5-6-8-18(17)15-19/h9-10,15,21H,4-8,11-14,16H2,1-3H3. The topological polar surface area (TPSA) is 52.6 Å². The predicted octanol–water partition coefficient (Wildman–Crippen LogP) is 2.26. The zero-order chi connectivity index (χ0) is 18.8. The van der Waals surface area contributed by atoms with Crippen molar-refractivity contribution in [3.05, 3.63) is 29.3 Å². The van der Waals surface area contributed by atoms with Gasteiger partial charge in [0.25, 0.3) is 0 Å². The highest BCUT2D eigenvalue weighted by Gasteiger charge is 2.31.